The Morgan fingerprint density at radius 1 is 1.16 bits per heavy atom. The lowest BCUT2D eigenvalue weighted by molar-refractivity contribution is -0.125. The molecule has 2 N–H and O–H groups in total. The Hall–Kier alpha value is -1.88. The average Bonchev–Trinajstić information content (AvgIpc) is 2.60. The minimum absolute atomic E-state index is 0.00257. The van der Waals surface area contributed by atoms with E-state index < -0.39 is 6.04 Å². The lowest BCUT2D eigenvalue weighted by Crippen LogP contribution is -2.53. The predicted octanol–water partition coefficient (Wildman–Crippen LogP) is 2.68. The van der Waals surface area contributed by atoms with Gasteiger partial charge in [-0.25, -0.2) is 0 Å². The molecule has 0 unspecified atom stereocenters. The summed E-state index contributed by atoms with van der Waals surface area (Å²) in [5.41, 5.74) is 1.50. The third kappa shape index (κ3) is 5.30. The third-order valence-electron chi connectivity index (χ3n) is 4.90. The molecular weight excluding hydrogens is 316 g/mol. The molecule has 5 nitrogen and oxygen atoms in total. The largest absolute Gasteiger partial charge is 0.381 e. The molecule has 5 heteroatoms. The molecule has 25 heavy (non-hydrogen) atoms. The summed E-state index contributed by atoms with van der Waals surface area (Å²) in [4.78, 5) is 25.3. The lowest BCUT2D eigenvalue weighted by atomic mass is 9.94. The van der Waals surface area contributed by atoms with Gasteiger partial charge in [0, 0.05) is 24.1 Å². The molecule has 1 aromatic carbocycles. The van der Waals surface area contributed by atoms with Gasteiger partial charge in [-0.3, -0.25) is 9.59 Å². The zero-order valence-corrected chi connectivity index (χ0v) is 15.7. The van der Waals surface area contributed by atoms with E-state index in [4.69, 9.17) is 4.74 Å². The number of ether oxygens (including phenoxy) is 1. The third-order valence-corrected chi connectivity index (χ3v) is 4.90. The number of rotatable bonds is 6. The van der Waals surface area contributed by atoms with Crippen molar-refractivity contribution in [2.24, 2.45) is 11.8 Å². The van der Waals surface area contributed by atoms with Crippen molar-refractivity contribution in [1.29, 1.82) is 0 Å². The van der Waals surface area contributed by atoms with Crippen LogP contribution in [0.4, 0.5) is 0 Å². The summed E-state index contributed by atoms with van der Waals surface area (Å²) >= 11 is 0. The van der Waals surface area contributed by atoms with Gasteiger partial charge >= 0.3 is 0 Å². The molecule has 0 saturated carbocycles. The summed E-state index contributed by atoms with van der Waals surface area (Å²) in [7, 11) is 0. The number of carbonyl (C=O) groups excluding carboxylic acids is 2. The lowest BCUT2D eigenvalue weighted by Gasteiger charge is -2.30. The Morgan fingerprint density at radius 2 is 1.88 bits per heavy atom. The highest BCUT2D eigenvalue weighted by Crippen LogP contribution is 2.18. The van der Waals surface area contributed by atoms with E-state index in [0.29, 0.717) is 18.1 Å². The van der Waals surface area contributed by atoms with Crippen molar-refractivity contribution in [2.45, 2.75) is 52.6 Å². The molecule has 1 aromatic rings. The molecule has 0 bridgehead atoms. The van der Waals surface area contributed by atoms with E-state index in [1.165, 1.54) is 0 Å². The monoisotopic (exact) mass is 346 g/mol. The van der Waals surface area contributed by atoms with Gasteiger partial charge in [-0.05, 0) is 44.2 Å². The molecule has 1 aliphatic heterocycles. The second-order valence-corrected chi connectivity index (χ2v) is 7.28. The molecule has 1 heterocycles. The van der Waals surface area contributed by atoms with E-state index in [0.717, 1.165) is 25.0 Å². The van der Waals surface area contributed by atoms with Crippen LogP contribution in [0, 0.1) is 18.8 Å². The molecule has 1 saturated heterocycles. The number of amides is 2. The summed E-state index contributed by atoms with van der Waals surface area (Å²) in [5, 5.41) is 5.97. The SMILES string of the molecule is Cc1ccccc1C(=O)N[C@H](C(=O)N[C@H](C)[C@@H]1CCCOC1)C(C)C. The van der Waals surface area contributed by atoms with Crippen LogP contribution in [-0.4, -0.2) is 37.1 Å². The zero-order valence-electron chi connectivity index (χ0n) is 15.7. The van der Waals surface area contributed by atoms with E-state index in [9.17, 15) is 9.59 Å². The van der Waals surface area contributed by atoms with E-state index in [1.807, 2.05) is 45.9 Å². The number of hydrogen-bond acceptors (Lipinski definition) is 3. The maximum atomic E-state index is 12.7. The normalized spacial score (nSPS) is 20.0. The molecule has 1 aliphatic rings. The Bertz CT molecular complexity index is 594. The Balaban J connectivity index is 2.00. The summed E-state index contributed by atoms with van der Waals surface area (Å²) in [6.45, 7) is 9.28. The van der Waals surface area contributed by atoms with Crippen LogP contribution in [-0.2, 0) is 9.53 Å². The van der Waals surface area contributed by atoms with Crippen molar-refractivity contribution in [3.05, 3.63) is 35.4 Å². The van der Waals surface area contributed by atoms with Crippen LogP contribution in [0.3, 0.4) is 0 Å². The van der Waals surface area contributed by atoms with Gasteiger partial charge in [0.2, 0.25) is 5.91 Å². The van der Waals surface area contributed by atoms with Gasteiger partial charge in [-0.1, -0.05) is 32.0 Å². The minimum Gasteiger partial charge on any atom is -0.381 e. The highest BCUT2D eigenvalue weighted by atomic mass is 16.5. The maximum Gasteiger partial charge on any atom is 0.252 e. The van der Waals surface area contributed by atoms with E-state index >= 15 is 0 Å². The van der Waals surface area contributed by atoms with Gasteiger partial charge in [0.25, 0.3) is 5.91 Å². The smallest absolute Gasteiger partial charge is 0.252 e. The first-order chi connectivity index (χ1) is 11.9. The van der Waals surface area contributed by atoms with Gasteiger partial charge in [0.15, 0.2) is 0 Å². The van der Waals surface area contributed by atoms with Crippen molar-refractivity contribution in [1.82, 2.24) is 10.6 Å². The average molecular weight is 346 g/mol. The fourth-order valence-corrected chi connectivity index (χ4v) is 3.17. The van der Waals surface area contributed by atoms with E-state index in [-0.39, 0.29) is 23.8 Å². The van der Waals surface area contributed by atoms with E-state index in [2.05, 4.69) is 10.6 Å². The van der Waals surface area contributed by atoms with Gasteiger partial charge in [-0.2, -0.15) is 0 Å². The first kappa shape index (κ1) is 19.4. The Morgan fingerprint density at radius 3 is 2.48 bits per heavy atom. The van der Waals surface area contributed by atoms with Gasteiger partial charge < -0.3 is 15.4 Å². The van der Waals surface area contributed by atoms with Crippen LogP contribution in [0.15, 0.2) is 24.3 Å². The Kier molecular flexibility index (Phi) is 7.00. The molecule has 1 fully saturated rings. The fraction of sp³-hybridized carbons (Fsp3) is 0.600. The van der Waals surface area contributed by atoms with Crippen molar-refractivity contribution in [3.8, 4) is 0 Å². The molecule has 2 rings (SSSR count). The summed E-state index contributed by atoms with van der Waals surface area (Å²) in [5.74, 6) is -0.00374. The van der Waals surface area contributed by atoms with Crippen LogP contribution in [0.5, 0.6) is 0 Å². The van der Waals surface area contributed by atoms with Crippen molar-refractivity contribution >= 4 is 11.8 Å². The molecule has 2 amide bonds. The minimum atomic E-state index is -0.556. The van der Waals surface area contributed by atoms with Crippen LogP contribution >= 0.6 is 0 Å². The number of nitrogens with one attached hydrogen (secondary N) is 2. The second kappa shape index (κ2) is 8.99. The van der Waals surface area contributed by atoms with Crippen LogP contribution in [0.1, 0.15) is 49.5 Å². The van der Waals surface area contributed by atoms with Crippen LogP contribution in [0.25, 0.3) is 0 Å². The highest BCUT2D eigenvalue weighted by Gasteiger charge is 2.28. The first-order valence-corrected chi connectivity index (χ1v) is 9.14. The van der Waals surface area contributed by atoms with Gasteiger partial charge in [0.05, 0.1) is 6.61 Å². The van der Waals surface area contributed by atoms with Gasteiger partial charge in [0.1, 0.15) is 6.04 Å². The topological polar surface area (TPSA) is 67.4 Å². The van der Waals surface area contributed by atoms with E-state index in [1.54, 1.807) is 6.07 Å². The molecule has 0 spiro atoms. The number of benzene rings is 1. The molecule has 3 atom stereocenters. The molecule has 0 aromatic heterocycles. The van der Waals surface area contributed by atoms with Crippen molar-refractivity contribution in [2.75, 3.05) is 13.2 Å². The number of carbonyl (C=O) groups is 2. The van der Waals surface area contributed by atoms with Crippen LogP contribution < -0.4 is 10.6 Å². The molecular formula is C20H30N2O3. The first-order valence-electron chi connectivity index (χ1n) is 9.14. The predicted molar refractivity (Wildman–Crippen MR) is 98.4 cm³/mol. The van der Waals surface area contributed by atoms with Gasteiger partial charge in [-0.15, -0.1) is 0 Å². The van der Waals surface area contributed by atoms with Crippen molar-refractivity contribution in [3.63, 3.8) is 0 Å². The second-order valence-electron chi connectivity index (χ2n) is 7.28. The fourth-order valence-electron chi connectivity index (χ4n) is 3.17. The summed E-state index contributed by atoms with van der Waals surface area (Å²) < 4.78 is 5.51. The number of aryl methyl sites for hydroxylation is 1. The summed E-state index contributed by atoms with van der Waals surface area (Å²) in [6.07, 6.45) is 2.09. The van der Waals surface area contributed by atoms with Crippen molar-refractivity contribution < 1.29 is 14.3 Å². The zero-order chi connectivity index (χ0) is 18.4. The Labute approximate surface area is 150 Å². The molecule has 0 radical (unpaired) electrons. The standard InChI is InChI=1S/C20H30N2O3/c1-13(2)18(22-19(23)17-10-6-5-8-14(17)3)20(24)21-15(4)16-9-7-11-25-12-16/h5-6,8,10,13,15-16,18H,7,9,11-12H2,1-4H3,(H,21,24)(H,22,23)/t15-,16-,18+/m1/s1. The summed E-state index contributed by atoms with van der Waals surface area (Å²) in [6, 6.07) is 6.87. The molecule has 138 valence electrons. The highest BCUT2D eigenvalue weighted by molar-refractivity contribution is 5.98. The number of hydrogen-bond donors (Lipinski definition) is 2. The quantitative estimate of drug-likeness (QED) is 0.832. The molecule has 0 aliphatic carbocycles. The maximum absolute atomic E-state index is 12.7. The van der Waals surface area contributed by atoms with Crippen LogP contribution in [0.2, 0.25) is 0 Å².